The first kappa shape index (κ1) is 32.8. The van der Waals surface area contributed by atoms with Crippen LogP contribution in [0.15, 0.2) is 62.2 Å². The van der Waals surface area contributed by atoms with Crippen molar-refractivity contribution in [2.75, 3.05) is 0 Å². The predicted molar refractivity (Wildman–Crippen MR) is 165 cm³/mol. The second-order valence-corrected chi connectivity index (χ2v) is 11.0. The van der Waals surface area contributed by atoms with Crippen molar-refractivity contribution in [1.29, 1.82) is 0 Å². The van der Waals surface area contributed by atoms with E-state index in [-0.39, 0.29) is 35.1 Å². The smallest absolute Gasteiger partial charge is 0.453 e. The molecule has 0 saturated carbocycles. The van der Waals surface area contributed by atoms with Gasteiger partial charge in [0.15, 0.2) is 29.0 Å². The van der Waals surface area contributed by atoms with Crippen LogP contribution in [-0.4, -0.2) is 47.5 Å². The van der Waals surface area contributed by atoms with Crippen molar-refractivity contribution >= 4 is 17.6 Å². The molecule has 15 heteroatoms. The van der Waals surface area contributed by atoms with E-state index in [2.05, 4.69) is 32.5 Å². The van der Waals surface area contributed by atoms with E-state index < -0.39 is 11.8 Å². The molecule has 1 atom stereocenters. The first-order valence-corrected chi connectivity index (χ1v) is 15.3. The summed E-state index contributed by atoms with van der Waals surface area (Å²) in [5, 5.41) is 23.1. The van der Waals surface area contributed by atoms with Crippen LogP contribution in [0.4, 0.5) is 0 Å². The highest BCUT2D eigenvalue weighted by molar-refractivity contribution is 6.32. The average Bonchev–Trinajstić information content (AvgIpc) is 3.79. The van der Waals surface area contributed by atoms with Crippen LogP contribution in [0.5, 0.6) is 0 Å². The third-order valence-electron chi connectivity index (χ3n) is 7.40. The van der Waals surface area contributed by atoms with Crippen LogP contribution in [0.2, 0.25) is 5.15 Å². The Morgan fingerprint density at radius 3 is 2.57 bits per heavy atom. The Morgan fingerprint density at radius 2 is 1.85 bits per heavy atom. The van der Waals surface area contributed by atoms with E-state index in [1.807, 2.05) is 48.5 Å². The van der Waals surface area contributed by atoms with Gasteiger partial charge in [-0.1, -0.05) is 79.1 Å². The Kier molecular flexibility index (Phi) is 11.1. The van der Waals surface area contributed by atoms with Gasteiger partial charge in [-0.2, -0.15) is 5.21 Å². The number of hydrogen-bond acceptors (Lipinski definition) is 12. The van der Waals surface area contributed by atoms with Crippen molar-refractivity contribution in [3.8, 4) is 22.5 Å². The van der Waals surface area contributed by atoms with Crippen molar-refractivity contribution in [3.63, 3.8) is 0 Å². The van der Waals surface area contributed by atoms with Crippen molar-refractivity contribution < 1.29 is 28.4 Å². The standard InChI is InChI=1S/C31H34ClN7O7/c1-3-4-12-26-33-28(32)27(30(40)43-18-25-24(44-31(41)45-25)11-7-8-19(2)46-38-42)39(26)17-20-13-15-21(16-14-20)22-9-5-6-10-23(22)29-34-36-37-35-29/h5-6,9-10,13-16,19,38,42H,3-4,7-8,11-12,17-18H2,1-2H3,(H,34,35,36,37)/t19-/m0/s1. The van der Waals surface area contributed by atoms with Crippen molar-refractivity contribution in [3.05, 3.63) is 92.9 Å². The molecule has 0 aliphatic carbocycles. The first-order chi connectivity index (χ1) is 22.4. The molecule has 0 aliphatic heterocycles. The third kappa shape index (κ3) is 7.95. The Hall–Kier alpha value is -4.63. The number of aromatic amines is 1. The van der Waals surface area contributed by atoms with E-state index in [0.717, 1.165) is 35.1 Å². The van der Waals surface area contributed by atoms with Gasteiger partial charge in [-0.05, 0) is 48.1 Å². The number of aromatic nitrogens is 6. The van der Waals surface area contributed by atoms with Crippen LogP contribution in [-0.2, 0) is 35.6 Å². The van der Waals surface area contributed by atoms with Crippen molar-refractivity contribution in [1.82, 2.24) is 35.8 Å². The maximum Gasteiger partial charge on any atom is 0.519 e. The highest BCUT2D eigenvalue weighted by Gasteiger charge is 2.25. The molecule has 0 unspecified atom stereocenters. The minimum atomic E-state index is -0.893. The normalized spacial score (nSPS) is 12.0. The number of tetrazole rings is 1. The summed E-state index contributed by atoms with van der Waals surface area (Å²) < 4.78 is 17.7. The quantitative estimate of drug-likeness (QED) is 0.0925. The van der Waals surface area contributed by atoms with E-state index in [0.29, 0.717) is 43.9 Å². The Balaban J connectivity index is 1.33. The molecule has 0 saturated heterocycles. The van der Waals surface area contributed by atoms with Crippen LogP contribution < -0.4 is 11.5 Å². The molecule has 0 aliphatic rings. The van der Waals surface area contributed by atoms with Crippen LogP contribution in [0.3, 0.4) is 0 Å². The molecule has 3 heterocycles. The largest absolute Gasteiger partial charge is 0.519 e. The molecule has 0 amide bonds. The number of nitrogens with zero attached hydrogens (tertiary/aromatic N) is 5. The van der Waals surface area contributed by atoms with Gasteiger partial charge < -0.3 is 18.1 Å². The first-order valence-electron chi connectivity index (χ1n) is 14.9. The van der Waals surface area contributed by atoms with Gasteiger partial charge in [0.2, 0.25) is 5.82 Å². The molecule has 242 valence electrons. The summed E-state index contributed by atoms with van der Waals surface area (Å²) in [6.45, 7) is 3.84. The molecule has 5 aromatic rings. The number of imidazole rings is 1. The second-order valence-electron chi connectivity index (χ2n) is 10.6. The van der Waals surface area contributed by atoms with E-state index in [1.165, 1.54) is 0 Å². The van der Waals surface area contributed by atoms with E-state index >= 15 is 0 Å². The number of esters is 1. The number of carbonyl (C=O) groups is 1. The summed E-state index contributed by atoms with van der Waals surface area (Å²) in [6.07, 6.45) is 3.59. The number of benzene rings is 2. The maximum absolute atomic E-state index is 13.4. The van der Waals surface area contributed by atoms with E-state index in [1.54, 1.807) is 17.1 Å². The molecule has 0 fully saturated rings. The van der Waals surface area contributed by atoms with E-state index in [9.17, 15) is 9.59 Å². The fraction of sp³-hybridized carbons (Fsp3) is 0.355. The number of halogens is 1. The lowest BCUT2D eigenvalue weighted by atomic mass is 9.98. The highest BCUT2D eigenvalue weighted by atomic mass is 35.5. The molecule has 0 radical (unpaired) electrons. The molecule has 5 rings (SSSR count). The summed E-state index contributed by atoms with van der Waals surface area (Å²) in [5.74, 6) is -0.0662. The lowest BCUT2D eigenvalue weighted by molar-refractivity contribution is -0.159. The molecule has 0 bridgehead atoms. The van der Waals surface area contributed by atoms with Crippen LogP contribution in [0, 0.1) is 0 Å². The number of H-pyrrole nitrogens is 1. The molecule has 2 aromatic carbocycles. The zero-order valence-electron chi connectivity index (χ0n) is 25.4. The van der Waals surface area contributed by atoms with Gasteiger partial charge in [-0.25, -0.2) is 14.6 Å². The Bertz CT molecular complexity index is 1780. The number of aryl methyl sites for hydroxylation is 2. The van der Waals surface area contributed by atoms with Crippen LogP contribution in [0.25, 0.3) is 22.5 Å². The van der Waals surface area contributed by atoms with Gasteiger partial charge in [0.05, 0.1) is 6.10 Å². The number of unbranched alkanes of at least 4 members (excludes halogenated alkanes) is 1. The summed E-state index contributed by atoms with van der Waals surface area (Å²) in [5.41, 5.74) is 5.43. The van der Waals surface area contributed by atoms with Gasteiger partial charge >= 0.3 is 11.8 Å². The Labute approximate surface area is 268 Å². The SMILES string of the molecule is CCCCc1nc(Cl)c(C(=O)OCc2oc(=O)oc2CCC[C@H](C)ONO)n1Cc1ccc(-c2ccccc2-c2nn[nH]n2)cc1. The number of nitrogens with one attached hydrogen (secondary N) is 2. The van der Waals surface area contributed by atoms with Crippen molar-refractivity contribution in [2.24, 2.45) is 0 Å². The summed E-state index contributed by atoms with van der Waals surface area (Å²) >= 11 is 6.52. The number of carbonyl (C=O) groups excluding carboxylic acids is 1. The topological polar surface area (TPSA) is 183 Å². The van der Waals surface area contributed by atoms with Crippen LogP contribution in [0.1, 0.15) is 72.9 Å². The minimum absolute atomic E-state index is 0.0297. The average molecular weight is 652 g/mol. The summed E-state index contributed by atoms with van der Waals surface area (Å²) in [6, 6.07) is 15.7. The molecule has 3 N–H and O–H groups in total. The number of rotatable bonds is 16. The fourth-order valence-electron chi connectivity index (χ4n) is 5.07. The number of hydrogen-bond donors (Lipinski definition) is 3. The lowest BCUT2D eigenvalue weighted by Crippen LogP contribution is -2.18. The lowest BCUT2D eigenvalue weighted by Gasteiger charge is -2.13. The third-order valence-corrected chi connectivity index (χ3v) is 7.66. The molecule has 46 heavy (non-hydrogen) atoms. The predicted octanol–water partition coefficient (Wildman–Crippen LogP) is 5.30. The van der Waals surface area contributed by atoms with Gasteiger partial charge in [-0.15, -0.1) is 10.2 Å². The zero-order chi connectivity index (χ0) is 32.5. The summed E-state index contributed by atoms with van der Waals surface area (Å²) in [4.78, 5) is 34.6. The second kappa shape index (κ2) is 15.6. The molecule has 0 spiro atoms. The van der Waals surface area contributed by atoms with E-state index in [4.69, 9.17) is 35.2 Å². The van der Waals surface area contributed by atoms with Gasteiger partial charge in [0, 0.05) is 24.9 Å². The van der Waals surface area contributed by atoms with Crippen molar-refractivity contribution in [2.45, 2.75) is 71.6 Å². The van der Waals surface area contributed by atoms with Crippen LogP contribution >= 0.6 is 11.6 Å². The van der Waals surface area contributed by atoms with Gasteiger partial charge in [0.1, 0.15) is 5.82 Å². The number of ether oxygens (including phenoxy) is 1. The van der Waals surface area contributed by atoms with Gasteiger partial charge in [-0.3, -0.25) is 10.0 Å². The summed E-state index contributed by atoms with van der Waals surface area (Å²) in [7, 11) is 0. The molecule has 14 nitrogen and oxygen atoms in total. The fourth-order valence-corrected chi connectivity index (χ4v) is 5.35. The molecular formula is C31H34ClN7O7. The Morgan fingerprint density at radius 1 is 1.09 bits per heavy atom. The highest BCUT2D eigenvalue weighted by Crippen LogP contribution is 2.30. The minimum Gasteiger partial charge on any atom is -0.453 e. The maximum atomic E-state index is 13.4. The molecule has 3 aromatic heterocycles. The van der Waals surface area contributed by atoms with Gasteiger partial charge in [0.25, 0.3) is 0 Å². The zero-order valence-corrected chi connectivity index (χ0v) is 26.1. The molecular weight excluding hydrogens is 618 g/mol. The monoisotopic (exact) mass is 651 g/mol.